The minimum atomic E-state index is 0.908. The SMILES string of the molecule is c1ccc2c(c1)CCc1c-2oc2cccc(-c3ccc(-c4c5ccccc5c(-c5ccc6oc7cc8ccccc8cc7c6c5)c5ccccc45)cc3)c12. The maximum absolute atomic E-state index is 6.57. The van der Waals surface area contributed by atoms with Crippen molar-refractivity contribution in [1.82, 2.24) is 0 Å². The fraction of sp³-hybridized carbons (Fsp3) is 0.0385. The minimum absolute atomic E-state index is 0.908. The number of fused-ring (bicyclic) bond motifs is 11. The van der Waals surface area contributed by atoms with Crippen LogP contribution in [0.4, 0.5) is 0 Å². The maximum atomic E-state index is 6.57. The van der Waals surface area contributed by atoms with Gasteiger partial charge in [0.05, 0.1) is 0 Å². The van der Waals surface area contributed by atoms with Crippen LogP contribution >= 0.6 is 0 Å². The van der Waals surface area contributed by atoms with E-state index in [9.17, 15) is 0 Å². The van der Waals surface area contributed by atoms with Crippen molar-refractivity contribution in [1.29, 1.82) is 0 Å². The molecule has 0 aliphatic heterocycles. The molecule has 1 aliphatic carbocycles. The van der Waals surface area contributed by atoms with Gasteiger partial charge in [-0.2, -0.15) is 0 Å². The number of hydrogen-bond acceptors (Lipinski definition) is 2. The highest BCUT2D eigenvalue weighted by Crippen LogP contribution is 2.47. The predicted octanol–water partition coefficient (Wildman–Crippen LogP) is 14.6. The fourth-order valence-corrected chi connectivity index (χ4v) is 9.31. The van der Waals surface area contributed by atoms with Gasteiger partial charge in [0.2, 0.25) is 0 Å². The van der Waals surface area contributed by atoms with Gasteiger partial charge in [0, 0.05) is 27.3 Å². The van der Waals surface area contributed by atoms with Crippen LogP contribution in [0.1, 0.15) is 11.1 Å². The van der Waals surface area contributed by atoms with Crippen molar-refractivity contribution < 1.29 is 8.83 Å². The first-order valence-corrected chi connectivity index (χ1v) is 18.8. The van der Waals surface area contributed by atoms with Crippen molar-refractivity contribution in [2.24, 2.45) is 0 Å². The number of hydrogen-bond donors (Lipinski definition) is 0. The molecule has 2 heteroatoms. The Morgan fingerprint density at radius 3 is 1.70 bits per heavy atom. The molecule has 0 radical (unpaired) electrons. The monoisotopic (exact) mass is 688 g/mol. The quantitative estimate of drug-likeness (QED) is 0.173. The van der Waals surface area contributed by atoms with Gasteiger partial charge in [0.15, 0.2) is 0 Å². The van der Waals surface area contributed by atoms with E-state index >= 15 is 0 Å². The summed E-state index contributed by atoms with van der Waals surface area (Å²) < 4.78 is 13.0. The lowest BCUT2D eigenvalue weighted by atomic mass is 9.85. The topological polar surface area (TPSA) is 26.3 Å². The van der Waals surface area contributed by atoms with Crippen molar-refractivity contribution in [2.45, 2.75) is 12.8 Å². The Labute approximate surface area is 311 Å². The van der Waals surface area contributed by atoms with E-state index in [0.717, 1.165) is 46.1 Å². The largest absolute Gasteiger partial charge is 0.456 e. The molecule has 0 amide bonds. The second-order valence-electron chi connectivity index (χ2n) is 14.7. The normalized spacial score (nSPS) is 12.7. The molecule has 2 aromatic heterocycles. The second kappa shape index (κ2) is 11.3. The summed E-state index contributed by atoms with van der Waals surface area (Å²) in [4.78, 5) is 0. The standard InChI is InChI=1S/C52H32O2/c1-2-12-35-30-48-45(28-34(35)11-1)44-29-36(25-27-46(44)53-48)50-41-16-7-5-14-39(41)49(40-15-6-8-17-42(40)50)33-22-20-32(21-23-33)37-18-9-19-47-51(37)43-26-24-31-10-3-4-13-38(31)52(43)54-47/h1-23,25,27-30H,24,26H2. The molecule has 0 atom stereocenters. The Balaban J connectivity index is 1.02. The zero-order chi connectivity index (χ0) is 35.3. The lowest BCUT2D eigenvalue weighted by molar-refractivity contribution is 0.621. The Morgan fingerprint density at radius 1 is 0.352 bits per heavy atom. The van der Waals surface area contributed by atoms with Crippen molar-refractivity contribution in [3.8, 4) is 44.7 Å². The van der Waals surface area contributed by atoms with E-state index in [0.29, 0.717) is 0 Å². The summed E-state index contributed by atoms with van der Waals surface area (Å²) in [6, 6.07) is 61.7. The highest BCUT2D eigenvalue weighted by Gasteiger charge is 2.25. The molecular weight excluding hydrogens is 657 g/mol. The lowest BCUT2D eigenvalue weighted by Crippen LogP contribution is -2.01. The van der Waals surface area contributed by atoms with Crippen molar-refractivity contribution in [3.05, 3.63) is 181 Å². The van der Waals surface area contributed by atoms with E-state index in [2.05, 4.69) is 170 Å². The van der Waals surface area contributed by atoms with Crippen LogP contribution in [-0.2, 0) is 12.8 Å². The molecule has 2 nitrogen and oxygen atoms in total. The molecule has 1 aliphatic rings. The molecular formula is C52H32O2. The molecule has 54 heavy (non-hydrogen) atoms. The molecule has 0 spiro atoms. The summed E-state index contributed by atoms with van der Waals surface area (Å²) in [6.07, 6.45) is 2.02. The highest BCUT2D eigenvalue weighted by molar-refractivity contribution is 6.22. The van der Waals surface area contributed by atoms with Crippen LogP contribution in [0.5, 0.6) is 0 Å². The predicted molar refractivity (Wildman–Crippen MR) is 225 cm³/mol. The molecule has 0 N–H and O–H groups in total. The number of rotatable bonds is 3. The summed E-state index contributed by atoms with van der Waals surface area (Å²) in [5, 5.41) is 10.9. The maximum Gasteiger partial charge on any atom is 0.138 e. The lowest BCUT2D eigenvalue weighted by Gasteiger charge is -2.18. The summed E-state index contributed by atoms with van der Waals surface area (Å²) in [7, 11) is 0. The van der Waals surface area contributed by atoms with Crippen LogP contribution in [0.25, 0.3) is 110 Å². The molecule has 0 saturated heterocycles. The van der Waals surface area contributed by atoms with E-state index in [4.69, 9.17) is 8.83 Å². The molecule has 252 valence electrons. The first-order valence-electron chi connectivity index (χ1n) is 18.8. The first-order chi connectivity index (χ1) is 26.8. The van der Waals surface area contributed by atoms with Gasteiger partial charge in [-0.05, 0) is 114 Å². The van der Waals surface area contributed by atoms with E-state index < -0.39 is 0 Å². The molecule has 0 fully saturated rings. The van der Waals surface area contributed by atoms with Gasteiger partial charge in [-0.25, -0.2) is 0 Å². The first kappa shape index (κ1) is 29.7. The summed E-state index contributed by atoms with van der Waals surface area (Å²) in [5.74, 6) is 1.03. The highest BCUT2D eigenvalue weighted by atomic mass is 16.3. The molecule has 0 unspecified atom stereocenters. The van der Waals surface area contributed by atoms with Gasteiger partial charge in [0.1, 0.15) is 22.5 Å². The average Bonchev–Trinajstić information content (AvgIpc) is 3.80. The molecule has 9 aromatic carbocycles. The minimum Gasteiger partial charge on any atom is -0.456 e. The van der Waals surface area contributed by atoms with Crippen LogP contribution in [0.3, 0.4) is 0 Å². The number of furan rings is 2. The third kappa shape index (κ3) is 4.28. The van der Waals surface area contributed by atoms with Crippen LogP contribution in [-0.4, -0.2) is 0 Å². The molecule has 0 saturated carbocycles. The van der Waals surface area contributed by atoms with Crippen LogP contribution in [0.15, 0.2) is 179 Å². The van der Waals surface area contributed by atoms with Gasteiger partial charge < -0.3 is 8.83 Å². The third-order valence-corrected chi connectivity index (χ3v) is 11.8. The van der Waals surface area contributed by atoms with Crippen LogP contribution < -0.4 is 0 Å². The molecule has 2 heterocycles. The van der Waals surface area contributed by atoms with Gasteiger partial charge in [0.25, 0.3) is 0 Å². The van der Waals surface area contributed by atoms with Crippen LogP contribution in [0, 0.1) is 0 Å². The number of benzene rings is 9. The molecule has 11 aromatic rings. The Morgan fingerprint density at radius 2 is 0.944 bits per heavy atom. The summed E-state index contributed by atoms with van der Waals surface area (Å²) in [5.41, 5.74) is 14.0. The Bertz CT molecular complexity index is 3260. The smallest absolute Gasteiger partial charge is 0.138 e. The Kier molecular flexibility index (Phi) is 6.20. The summed E-state index contributed by atoms with van der Waals surface area (Å²) >= 11 is 0. The average molecular weight is 689 g/mol. The van der Waals surface area contributed by atoms with Gasteiger partial charge in [-0.15, -0.1) is 0 Å². The van der Waals surface area contributed by atoms with Crippen molar-refractivity contribution in [2.75, 3.05) is 0 Å². The third-order valence-electron chi connectivity index (χ3n) is 11.8. The van der Waals surface area contributed by atoms with Crippen molar-refractivity contribution >= 4 is 65.2 Å². The van der Waals surface area contributed by atoms with Crippen molar-refractivity contribution in [3.63, 3.8) is 0 Å². The van der Waals surface area contributed by atoms with E-state index in [1.54, 1.807) is 0 Å². The van der Waals surface area contributed by atoms with Gasteiger partial charge >= 0.3 is 0 Å². The van der Waals surface area contributed by atoms with E-state index in [1.807, 2.05) is 0 Å². The van der Waals surface area contributed by atoms with E-state index in [1.165, 1.54) is 87.8 Å². The molecule has 0 bridgehead atoms. The van der Waals surface area contributed by atoms with Crippen LogP contribution in [0.2, 0.25) is 0 Å². The van der Waals surface area contributed by atoms with E-state index in [-0.39, 0.29) is 0 Å². The van der Waals surface area contributed by atoms with Gasteiger partial charge in [-0.1, -0.05) is 140 Å². The van der Waals surface area contributed by atoms with Gasteiger partial charge in [-0.3, -0.25) is 0 Å². The number of aryl methyl sites for hydroxylation is 2. The fourth-order valence-electron chi connectivity index (χ4n) is 9.31. The molecule has 12 rings (SSSR count). The summed E-state index contributed by atoms with van der Waals surface area (Å²) in [6.45, 7) is 0. The second-order valence-corrected chi connectivity index (χ2v) is 14.7. The zero-order valence-corrected chi connectivity index (χ0v) is 29.4. The zero-order valence-electron chi connectivity index (χ0n) is 29.4. The Hall–Kier alpha value is -6.90.